The van der Waals surface area contributed by atoms with Crippen LogP contribution in [0.2, 0.25) is 0 Å². The van der Waals surface area contributed by atoms with Crippen LogP contribution in [0.1, 0.15) is 56.9 Å². The van der Waals surface area contributed by atoms with E-state index in [1.54, 1.807) is 0 Å². The quantitative estimate of drug-likeness (QED) is 0.823. The standard InChI is InChI=1S/C21H28N6O/c22-19-24-20(23)27(21(25-19)10-2-1-3-11-21)16-8-9-17-15(13-16)5-4-12-26(17)18(28)14-6-7-14/h8-9,13-14H,1-7,10-12H2,(H4,22,23,24,25). The number of anilines is 2. The van der Waals surface area contributed by atoms with E-state index < -0.39 is 5.66 Å². The molecule has 5 rings (SSSR count). The molecule has 2 aliphatic carbocycles. The summed E-state index contributed by atoms with van der Waals surface area (Å²) >= 11 is 0. The van der Waals surface area contributed by atoms with Gasteiger partial charge in [0.05, 0.1) is 0 Å². The summed E-state index contributed by atoms with van der Waals surface area (Å²) in [6.07, 6.45) is 9.31. The Morgan fingerprint density at radius 3 is 2.64 bits per heavy atom. The minimum Gasteiger partial charge on any atom is -0.369 e. The molecule has 1 amide bonds. The van der Waals surface area contributed by atoms with Crippen LogP contribution in [0, 0.1) is 5.92 Å². The van der Waals surface area contributed by atoms with E-state index >= 15 is 0 Å². The summed E-state index contributed by atoms with van der Waals surface area (Å²) in [7, 11) is 0. The number of carbonyl (C=O) groups is 1. The van der Waals surface area contributed by atoms with Gasteiger partial charge in [0.15, 0.2) is 0 Å². The maximum absolute atomic E-state index is 12.7. The maximum atomic E-state index is 12.7. The van der Waals surface area contributed by atoms with Crippen molar-refractivity contribution >= 4 is 29.2 Å². The second-order valence-corrected chi connectivity index (χ2v) is 8.50. The van der Waals surface area contributed by atoms with E-state index in [0.717, 1.165) is 69.3 Å². The Morgan fingerprint density at radius 1 is 1.11 bits per heavy atom. The SMILES string of the molecule is NC1=NC2(CCCCC2)N(c2ccc3c(c2)CCCN3C(=O)C2CC2)C(N)=N1. The zero-order chi connectivity index (χ0) is 19.3. The minimum absolute atomic E-state index is 0.235. The van der Waals surface area contributed by atoms with E-state index in [4.69, 9.17) is 16.5 Å². The number of amides is 1. The molecule has 1 aromatic carbocycles. The van der Waals surface area contributed by atoms with E-state index in [1.165, 1.54) is 12.0 Å². The lowest BCUT2D eigenvalue weighted by atomic mass is 9.87. The number of guanidine groups is 2. The first-order valence-electron chi connectivity index (χ1n) is 10.5. The number of nitrogens with two attached hydrogens (primary N) is 2. The molecule has 4 aliphatic rings. The fourth-order valence-corrected chi connectivity index (χ4v) is 5.00. The predicted octanol–water partition coefficient (Wildman–Crippen LogP) is 2.49. The van der Waals surface area contributed by atoms with E-state index in [9.17, 15) is 4.79 Å². The van der Waals surface area contributed by atoms with Gasteiger partial charge in [-0.1, -0.05) is 6.42 Å². The largest absolute Gasteiger partial charge is 0.369 e. The Morgan fingerprint density at radius 2 is 1.89 bits per heavy atom. The van der Waals surface area contributed by atoms with Gasteiger partial charge in [0.1, 0.15) is 5.66 Å². The van der Waals surface area contributed by atoms with Gasteiger partial charge in [0, 0.05) is 23.8 Å². The molecule has 28 heavy (non-hydrogen) atoms. The van der Waals surface area contributed by atoms with Crippen LogP contribution < -0.4 is 21.3 Å². The highest BCUT2D eigenvalue weighted by Crippen LogP contribution is 2.42. The number of benzene rings is 1. The highest BCUT2D eigenvalue weighted by atomic mass is 16.2. The Labute approximate surface area is 165 Å². The van der Waals surface area contributed by atoms with Gasteiger partial charge < -0.3 is 16.4 Å². The topological polar surface area (TPSA) is 100 Å². The lowest BCUT2D eigenvalue weighted by Gasteiger charge is -2.46. The van der Waals surface area contributed by atoms with Crippen LogP contribution in [0.15, 0.2) is 28.2 Å². The molecule has 0 atom stereocenters. The summed E-state index contributed by atoms with van der Waals surface area (Å²) in [5.74, 6) is 1.21. The molecule has 0 saturated heterocycles. The molecular formula is C21H28N6O. The van der Waals surface area contributed by atoms with Gasteiger partial charge in [0.25, 0.3) is 0 Å². The van der Waals surface area contributed by atoms with Crippen LogP contribution in [-0.4, -0.2) is 30.0 Å². The molecule has 2 fully saturated rings. The van der Waals surface area contributed by atoms with E-state index in [-0.39, 0.29) is 17.8 Å². The number of carbonyl (C=O) groups excluding carboxylic acids is 1. The lowest BCUT2D eigenvalue weighted by molar-refractivity contribution is -0.119. The zero-order valence-corrected chi connectivity index (χ0v) is 16.2. The van der Waals surface area contributed by atoms with Crippen LogP contribution in [0.5, 0.6) is 0 Å². The average molecular weight is 380 g/mol. The molecule has 0 unspecified atom stereocenters. The number of nitrogens with zero attached hydrogens (tertiary/aromatic N) is 4. The van der Waals surface area contributed by atoms with Crippen LogP contribution in [0.4, 0.5) is 11.4 Å². The lowest BCUT2D eigenvalue weighted by Crippen LogP contribution is -2.58. The number of rotatable bonds is 2. The second kappa shape index (κ2) is 6.50. The van der Waals surface area contributed by atoms with Crippen molar-refractivity contribution in [1.82, 2.24) is 0 Å². The van der Waals surface area contributed by atoms with Crippen molar-refractivity contribution in [2.75, 3.05) is 16.3 Å². The normalized spacial score (nSPS) is 23.9. The molecule has 7 heteroatoms. The third kappa shape index (κ3) is 2.84. The Hall–Kier alpha value is -2.57. The first-order valence-corrected chi connectivity index (χ1v) is 10.5. The zero-order valence-electron chi connectivity index (χ0n) is 16.2. The Kier molecular flexibility index (Phi) is 4.07. The highest BCUT2D eigenvalue weighted by Gasteiger charge is 2.43. The smallest absolute Gasteiger partial charge is 0.230 e. The van der Waals surface area contributed by atoms with Gasteiger partial charge in [-0.25, -0.2) is 4.99 Å². The van der Waals surface area contributed by atoms with E-state index in [1.807, 2.05) is 4.90 Å². The first-order chi connectivity index (χ1) is 13.6. The van der Waals surface area contributed by atoms with Gasteiger partial charge in [0.2, 0.25) is 17.8 Å². The van der Waals surface area contributed by atoms with Crippen molar-refractivity contribution in [2.24, 2.45) is 27.4 Å². The molecule has 148 valence electrons. The van der Waals surface area contributed by atoms with E-state index in [2.05, 4.69) is 28.1 Å². The number of hydrogen-bond donors (Lipinski definition) is 2. The molecule has 2 saturated carbocycles. The van der Waals surface area contributed by atoms with Gasteiger partial charge >= 0.3 is 0 Å². The van der Waals surface area contributed by atoms with Crippen molar-refractivity contribution in [2.45, 2.75) is 63.5 Å². The summed E-state index contributed by atoms with van der Waals surface area (Å²) in [6, 6.07) is 6.32. The van der Waals surface area contributed by atoms with Crippen molar-refractivity contribution in [3.05, 3.63) is 23.8 Å². The third-order valence-corrected chi connectivity index (χ3v) is 6.48. The first kappa shape index (κ1) is 17.5. The van der Waals surface area contributed by atoms with Crippen molar-refractivity contribution in [3.63, 3.8) is 0 Å². The molecule has 0 aromatic heterocycles. The summed E-state index contributed by atoms with van der Waals surface area (Å²) in [5, 5.41) is 0. The van der Waals surface area contributed by atoms with Gasteiger partial charge in [-0.05, 0) is 75.1 Å². The van der Waals surface area contributed by atoms with Crippen molar-refractivity contribution in [1.29, 1.82) is 0 Å². The van der Waals surface area contributed by atoms with Crippen molar-refractivity contribution in [3.8, 4) is 0 Å². The van der Waals surface area contributed by atoms with Crippen molar-refractivity contribution < 1.29 is 4.79 Å². The molecule has 2 heterocycles. The number of hydrogen-bond acceptors (Lipinski definition) is 6. The molecule has 0 bridgehead atoms. The van der Waals surface area contributed by atoms with E-state index in [0.29, 0.717) is 5.96 Å². The molecule has 2 aliphatic heterocycles. The number of aliphatic imine (C=N–C) groups is 2. The molecule has 0 radical (unpaired) electrons. The van der Waals surface area contributed by atoms with Crippen LogP contribution >= 0.6 is 0 Å². The molecule has 7 nitrogen and oxygen atoms in total. The summed E-state index contributed by atoms with van der Waals surface area (Å²) in [4.78, 5) is 25.8. The molecular weight excluding hydrogens is 352 g/mol. The van der Waals surface area contributed by atoms with Gasteiger partial charge in [-0.2, -0.15) is 4.99 Å². The molecule has 1 spiro atoms. The molecule has 4 N–H and O–H groups in total. The Balaban J connectivity index is 1.52. The monoisotopic (exact) mass is 380 g/mol. The third-order valence-electron chi connectivity index (χ3n) is 6.48. The van der Waals surface area contributed by atoms with Crippen LogP contribution in [0.25, 0.3) is 0 Å². The molecule has 1 aromatic rings. The van der Waals surface area contributed by atoms with Gasteiger partial charge in [-0.15, -0.1) is 0 Å². The average Bonchev–Trinajstić information content (AvgIpc) is 3.52. The predicted molar refractivity (Wildman–Crippen MR) is 111 cm³/mol. The van der Waals surface area contributed by atoms with Crippen LogP contribution in [0.3, 0.4) is 0 Å². The number of aryl methyl sites for hydroxylation is 1. The fraction of sp³-hybridized carbons (Fsp3) is 0.571. The summed E-state index contributed by atoms with van der Waals surface area (Å²) in [6.45, 7) is 0.819. The highest BCUT2D eigenvalue weighted by molar-refractivity contribution is 6.06. The maximum Gasteiger partial charge on any atom is 0.230 e. The Bertz CT molecular complexity index is 866. The second-order valence-electron chi connectivity index (χ2n) is 8.50. The van der Waals surface area contributed by atoms with Gasteiger partial charge in [-0.3, -0.25) is 9.69 Å². The fourth-order valence-electron chi connectivity index (χ4n) is 5.00. The summed E-state index contributed by atoms with van der Waals surface area (Å²) in [5.41, 5.74) is 15.2. The van der Waals surface area contributed by atoms with Crippen LogP contribution in [-0.2, 0) is 11.2 Å². The summed E-state index contributed by atoms with van der Waals surface area (Å²) < 4.78 is 0. The minimum atomic E-state index is -0.430. The number of fused-ring (bicyclic) bond motifs is 1.